The molecular weight excluding hydrogens is 1620 g/mol. The fourth-order valence-corrected chi connectivity index (χ4v) is 16.4. The van der Waals surface area contributed by atoms with Gasteiger partial charge in [0.25, 0.3) is 47.3 Å². The number of aromatic nitrogens is 4. The second-order valence-electron chi connectivity index (χ2n) is 32.8. The van der Waals surface area contributed by atoms with Crippen molar-refractivity contribution in [2.45, 2.75) is 158 Å². The number of benzene rings is 9. The van der Waals surface area contributed by atoms with Crippen LogP contribution in [0.3, 0.4) is 0 Å². The molecule has 2 aliphatic heterocycles. The molecule has 0 fully saturated rings. The van der Waals surface area contributed by atoms with Crippen LogP contribution in [0.25, 0.3) is 43.1 Å². The van der Waals surface area contributed by atoms with Crippen LogP contribution in [0.2, 0.25) is 0 Å². The smallest absolute Gasteiger partial charge is 0.266 e. The molecule has 648 valence electrons. The van der Waals surface area contributed by atoms with Crippen LogP contribution >= 0.6 is 0 Å². The fraction of sp³-hybridized carbons (Fsp3) is 0.240. The normalized spacial score (nSPS) is 12.4. The molecule has 12 amide bonds. The Morgan fingerprint density at radius 3 is 0.781 bits per heavy atom. The number of carbonyl (C=O) groups is 12. The van der Waals surface area contributed by atoms with Gasteiger partial charge in [0.2, 0.25) is 23.6 Å². The molecule has 128 heavy (non-hydrogen) atoms. The summed E-state index contributed by atoms with van der Waals surface area (Å²) in [7, 11) is 0. The van der Waals surface area contributed by atoms with Gasteiger partial charge in [-0.05, 0) is 192 Å². The van der Waals surface area contributed by atoms with E-state index in [9.17, 15) is 19.2 Å². The predicted octanol–water partition coefficient (Wildman–Crippen LogP) is 21.0. The van der Waals surface area contributed by atoms with Crippen LogP contribution in [0.15, 0.2) is 182 Å². The minimum absolute atomic E-state index is 0.0122. The molecule has 0 saturated carbocycles. The third-order valence-corrected chi connectivity index (χ3v) is 22.2. The molecule has 28 heteroatoms. The molecule has 0 saturated heterocycles. The lowest BCUT2D eigenvalue weighted by Crippen LogP contribution is -2.42. The van der Waals surface area contributed by atoms with Gasteiger partial charge in [0, 0.05) is 91.4 Å². The number of amides is 12. The lowest BCUT2D eigenvalue weighted by Gasteiger charge is -2.34. The summed E-state index contributed by atoms with van der Waals surface area (Å²) in [4.78, 5) is 198. The molecule has 0 spiro atoms. The summed E-state index contributed by atoms with van der Waals surface area (Å²) in [6, 6.07) is 47.5. The van der Waals surface area contributed by atoms with Crippen molar-refractivity contribution < 1.29 is 67.0 Å². The van der Waals surface area contributed by atoms with Gasteiger partial charge in [-0.15, -0.1) is 0 Å². The molecule has 6 heterocycles. The Hall–Kier alpha value is -15.5. The van der Waals surface area contributed by atoms with E-state index >= 15 is 38.4 Å². The van der Waals surface area contributed by atoms with Gasteiger partial charge >= 0.3 is 0 Å². The number of fused-ring (bicyclic) bond motifs is 2. The minimum Gasteiger partial charge on any atom is -0.457 e. The first kappa shape index (κ1) is 87.4. The highest BCUT2D eigenvalue weighted by molar-refractivity contribution is 6.47. The first-order valence-corrected chi connectivity index (χ1v) is 42.8. The molecule has 0 aliphatic carbocycles. The van der Waals surface area contributed by atoms with Gasteiger partial charge < -0.3 is 52.0 Å². The van der Waals surface area contributed by atoms with Crippen LogP contribution in [0, 0.1) is 0 Å². The molecule has 0 unspecified atom stereocenters. The Bertz CT molecular complexity index is 6150. The highest BCUT2D eigenvalue weighted by Gasteiger charge is 2.43. The largest absolute Gasteiger partial charge is 0.457 e. The lowest BCUT2D eigenvalue weighted by molar-refractivity contribution is -0.117. The lowest BCUT2D eigenvalue weighted by atomic mass is 9.80. The van der Waals surface area contributed by atoms with Crippen molar-refractivity contribution in [3.8, 4) is 23.0 Å². The van der Waals surface area contributed by atoms with Crippen molar-refractivity contribution in [1.82, 2.24) is 19.9 Å². The number of anilines is 10. The zero-order valence-corrected chi connectivity index (χ0v) is 72.7. The van der Waals surface area contributed by atoms with E-state index in [1.165, 1.54) is 82.6 Å². The average molecular weight is 1720 g/mol. The fourth-order valence-electron chi connectivity index (χ4n) is 16.4. The van der Waals surface area contributed by atoms with E-state index in [2.05, 4.69) is 62.5 Å². The van der Waals surface area contributed by atoms with E-state index in [1.807, 2.05) is 119 Å². The monoisotopic (exact) mass is 1710 g/mol. The Morgan fingerprint density at radius 1 is 0.289 bits per heavy atom. The Balaban J connectivity index is 0.995. The molecule has 0 atom stereocenters. The molecule has 0 bridgehead atoms. The summed E-state index contributed by atoms with van der Waals surface area (Å²) in [5, 5.41) is 23.8. The van der Waals surface area contributed by atoms with E-state index in [-0.39, 0.29) is 230 Å². The SMILES string of the molecule is CCCC(=O)Nc1cccc(NC(=O)c2cc(Oc3cc4c5c(ccc6c7c(Oc8cc(C(=O)Nc9cccc(NC(=O)CCC)n9)cc(C(=O)Nc9cccc(NC(=O)CCC)n9)c8)cc8c9c(ccc(c3c56)c97)C(=O)N(c3c(C(C)C)cccc3C(C)C)C8=O)C(=O)N(c3c(C(C)C)cccc3C(C)C)C4=O)cc(C(=O)Nc3cccc(NC(=O)CCC)n3)c2)n1. The number of hydrogen-bond donors (Lipinski definition) is 8. The molecule has 9 aromatic carbocycles. The molecule has 2 aliphatic rings. The number of imide groups is 2. The first-order valence-electron chi connectivity index (χ1n) is 42.8. The summed E-state index contributed by atoms with van der Waals surface area (Å²) in [6.07, 6.45) is 3.03. The number of para-hydroxylation sites is 2. The van der Waals surface area contributed by atoms with Gasteiger partial charge in [0.15, 0.2) is 0 Å². The minimum atomic E-state index is -0.809. The quantitative estimate of drug-likeness (QED) is 0.0118. The van der Waals surface area contributed by atoms with Gasteiger partial charge in [-0.1, -0.05) is 156 Å². The topological polar surface area (TPSA) is 378 Å². The maximum atomic E-state index is 16.6. The molecule has 4 aromatic heterocycles. The summed E-state index contributed by atoms with van der Waals surface area (Å²) >= 11 is 0. The van der Waals surface area contributed by atoms with E-state index in [4.69, 9.17) is 9.47 Å². The second-order valence-corrected chi connectivity index (χ2v) is 32.8. The highest BCUT2D eigenvalue weighted by Crippen LogP contribution is 2.55. The number of hydrogen-bond acceptors (Lipinski definition) is 18. The summed E-state index contributed by atoms with van der Waals surface area (Å²) < 4.78 is 14.7. The number of pyridine rings is 4. The van der Waals surface area contributed by atoms with E-state index < -0.39 is 47.3 Å². The van der Waals surface area contributed by atoms with Crippen LogP contribution in [0.5, 0.6) is 23.0 Å². The van der Waals surface area contributed by atoms with Crippen LogP contribution in [0.1, 0.15) is 263 Å². The summed E-state index contributed by atoms with van der Waals surface area (Å²) in [5.74, 6) is -8.18. The highest BCUT2D eigenvalue weighted by atomic mass is 16.5. The van der Waals surface area contributed by atoms with Crippen molar-refractivity contribution in [3.63, 3.8) is 0 Å². The van der Waals surface area contributed by atoms with Gasteiger partial charge in [0.1, 0.15) is 69.5 Å². The third kappa shape index (κ3) is 17.6. The van der Waals surface area contributed by atoms with Crippen LogP contribution in [0.4, 0.5) is 57.9 Å². The van der Waals surface area contributed by atoms with Gasteiger partial charge in [-0.2, -0.15) is 0 Å². The van der Waals surface area contributed by atoms with Crippen LogP contribution in [-0.4, -0.2) is 90.8 Å². The standard InChI is InChI=1S/C100H94N14O14/c1-13-23-81(115)105-73-31-19-35-77(101-73)109-93(119)55-43-56(94(120)110-78-36-20-32-74(102-78)106-82(116)24-14-2)46-59(45-55)127-71-49-69-85-67(97(123)113(99(69)125)91-61(51(5)6)27-17-28-62(91)52(7)8)42-40-66-88-72(50-70-86-68(41-39-65(90(86)88)87(71)89(66)85)98(124)114(100(70)126)92-63(53(9)10)29-18-30-64(92)54(11)12)128-60-47-57(95(121)111-79-37-21-33-75(103-79)107-83(117)25-15-3)44-58(48-60)96(122)112-80-38-22-34-76(104-80)108-84(118)26-16-4/h17-22,27-54H,13-16,23-26H2,1-12H3,(H2,101,105,109,115,119)(H2,102,106,110,116,120)(H2,103,107,111,117,121)(H2,104,108,112,118,122). The zero-order chi connectivity index (χ0) is 90.8. The Morgan fingerprint density at radius 2 is 0.531 bits per heavy atom. The molecule has 13 aromatic rings. The zero-order valence-electron chi connectivity index (χ0n) is 72.7. The molecule has 15 rings (SSSR count). The van der Waals surface area contributed by atoms with Crippen molar-refractivity contribution in [2.75, 3.05) is 52.3 Å². The van der Waals surface area contributed by atoms with E-state index in [0.29, 0.717) is 59.3 Å². The third-order valence-electron chi connectivity index (χ3n) is 22.2. The van der Waals surface area contributed by atoms with Gasteiger partial charge in [-0.25, -0.2) is 29.7 Å². The Kier molecular flexibility index (Phi) is 25.1. The van der Waals surface area contributed by atoms with E-state index in [0.717, 1.165) is 0 Å². The number of ether oxygens (including phenoxy) is 2. The number of carbonyl (C=O) groups excluding carboxylic acids is 12. The average Bonchev–Trinajstić information content (AvgIpc) is 0.676. The molecule has 0 radical (unpaired) electrons. The van der Waals surface area contributed by atoms with Gasteiger partial charge in [-0.3, -0.25) is 57.5 Å². The van der Waals surface area contributed by atoms with E-state index in [1.54, 1.807) is 72.8 Å². The predicted molar refractivity (Wildman–Crippen MR) is 495 cm³/mol. The second kappa shape index (κ2) is 36.8. The Labute approximate surface area is 737 Å². The first-order chi connectivity index (χ1) is 61.5. The number of nitrogens with zero attached hydrogens (tertiary/aromatic N) is 6. The maximum Gasteiger partial charge on any atom is 0.266 e. The van der Waals surface area contributed by atoms with Crippen molar-refractivity contribution in [3.05, 3.63) is 249 Å². The maximum absolute atomic E-state index is 16.6. The molecule has 28 nitrogen and oxygen atoms in total. The number of rotatable bonds is 30. The van der Waals surface area contributed by atoms with Gasteiger partial charge in [0.05, 0.1) is 22.5 Å². The van der Waals surface area contributed by atoms with Crippen molar-refractivity contribution in [2.24, 2.45) is 0 Å². The molecular formula is C100H94N14O14. The van der Waals surface area contributed by atoms with Crippen LogP contribution < -0.4 is 61.8 Å². The van der Waals surface area contributed by atoms with Crippen molar-refractivity contribution in [1.29, 1.82) is 0 Å². The summed E-state index contributed by atoms with van der Waals surface area (Å²) in [5.41, 5.74) is 2.89. The van der Waals surface area contributed by atoms with Crippen molar-refractivity contribution >= 4 is 172 Å². The number of nitrogens with one attached hydrogen (secondary N) is 8. The van der Waals surface area contributed by atoms with Crippen LogP contribution in [-0.2, 0) is 19.2 Å². The molecule has 8 N–H and O–H groups in total. The summed E-state index contributed by atoms with van der Waals surface area (Å²) in [6.45, 7) is 23.1.